The summed E-state index contributed by atoms with van der Waals surface area (Å²) in [4.78, 5) is 0. The normalized spacial score (nSPS) is 25.8. The van der Waals surface area contributed by atoms with Crippen molar-refractivity contribution < 1.29 is 9.84 Å². The highest BCUT2D eigenvalue weighted by molar-refractivity contribution is 6.36. The molecule has 1 fully saturated rings. The molecule has 1 saturated heterocycles. The van der Waals surface area contributed by atoms with Gasteiger partial charge in [0.15, 0.2) is 0 Å². The number of hydrogen-bond acceptors (Lipinski definition) is 2. The number of ether oxygens (including phenoxy) is 1. The molecule has 82 valence electrons. The standard InChI is InChI=1S/C11H12Cl2O2/c12-8-2-1-3-9(13)10(8)11-7(6-14)4-5-15-11/h1-3,7,11,14H,4-6H2. The van der Waals surface area contributed by atoms with Gasteiger partial charge >= 0.3 is 0 Å². The van der Waals surface area contributed by atoms with E-state index in [0.29, 0.717) is 16.7 Å². The van der Waals surface area contributed by atoms with Crippen LogP contribution in [0.1, 0.15) is 18.1 Å². The third-order valence-electron chi connectivity index (χ3n) is 2.73. The zero-order chi connectivity index (χ0) is 10.8. The van der Waals surface area contributed by atoms with E-state index >= 15 is 0 Å². The molecule has 15 heavy (non-hydrogen) atoms. The number of hydrogen-bond donors (Lipinski definition) is 1. The predicted octanol–water partition coefficient (Wildman–Crippen LogP) is 3.06. The number of rotatable bonds is 2. The summed E-state index contributed by atoms with van der Waals surface area (Å²) in [6.07, 6.45) is 0.680. The molecule has 1 aliphatic rings. The van der Waals surface area contributed by atoms with E-state index in [0.717, 1.165) is 12.0 Å². The quantitative estimate of drug-likeness (QED) is 0.870. The second-order valence-electron chi connectivity index (χ2n) is 3.66. The van der Waals surface area contributed by atoms with Crippen LogP contribution >= 0.6 is 23.2 Å². The van der Waals surface area contributed by atoms with E-state index in [9.17, 15) is 5.11 Å². The Morgan fingerprint density at radius 2 is 2.00 bits per heavy atom. The van der Waals surface area contributed by atoms with E-state index in [1.54, 1.807) is 18.2 Å². The van der Waals surface area contributed by atoms with Crippen molar-refractivity contribution in [1.82, 2.24) is 0 Å². The highest BCUT2D eigenvalue weighted by atomic mass is 35.5. The molecule has 0 saturated carbocycles. The zero-order valence-electron chi connectivity index (χ0n) is 8.12. The molecule has 4 heteroatoms. The molecule has 1 N–H and O–H groups in total. The molecule has 1 aromatic rings. The molecule has 1 heterocycles. The third-order valence-corrected chi connectivity index (χ3v) is 3.39. The number of halogens is 2. The van der Waals surface area contributed by atoms with Gasteiger partial charge < -0.3 is 9.84 Å². The van der Waals surface area contributed by atoms with Gasteiger partial charge in [0.25, 0.3) is 0 Å². The third kappa shape index (κ3) is 2.13. The van der Waals surface area contributed by atoms with Gasteiger partial charge in [0.05, 0.1) is 6.10 Å². The Morgan fingerprint density at radius 1 is 1.33 bits per heavy atom. The first-order valence-corrected chi connectivity index (χ1v) is 5.66. The fraction of sp³-hybridized carbons (Fsp3) is 0.455. The summed E-state index contributed by atoms with van der Waals surface area (Å²) in [5.41, 5.74) is 0.803. The Labute approximate surface area is 98.8 Å². The van der Waals surface area contributed by atoms with Crippen molar-refractivity contribution >= 4 is 23.2 Å². The molecule has 1 aromatic carbocycles. The van der Waals surface area contributed by atoms with E-state index < -0.39 is 0 Å². The van der Waals surface area contributed by atoms with Crippen LogP contribution in [-0.2, 0) is 4.74 Å². The average molecular weight is 247 g/mol. The van der Waals surface area contributed by atoms with Crippen molar-refractivity contribution in [3.8, 4) is 0 Å². The van der Waals surface area contributed by atoms with Crippen molar-refractivity contribution in [2.45, 2.75) is 12.5 Å². The van der Waals surface area contributed by atoms with Crippen molar-refractivity contribution in [2.75, 3.05) is 13.2 Å². The lowest BCUT2D eigenvalue weighted by Crippen LogP contribution is -2.12. The molecule has 0 spiro atoms. The van der Waals surface area contributed by atoms with Crippen LogP contribution in [0.2, 0.25) is 10.0 Å². The van der Waals surface area contributed by atoms with Crippen LogP contribution in [-0.4, -0.2) is 18.3 Å². The Balaban J connectivity index is 2.36. The van der Waals surface area contributed by atoms with Gasteiger partial charge in [0, 0.05) is 34.7 Å². The Morgan fingerprint density at radius 3 is 2.60 bits per heavy atom. The highest BCUT2D eigenvalue weighted by Crippen LogP contribution is 2.40. The van der Waals surface area contributed by atoms with Crippen LogP contribution in [0, 0.1) is 5.92 Å². The molecular formula is C11H12Cl2O2. The van der Waals surface area contributed by atoms with Crippen LogP contribution < -0.4 is 0 Å². The summed E-state index contributed by atoms with van der Waals surface area (Å²) in [6, 6.07) is 5.38. The molecule has 0 radical (unpaired) electrons. The highest BCUT2D eigenvalue weighted by Gasteiger charge is 2.31. The van der Waals surface area contributed by atoms with E-state index in [4.69, 9.17) is 27.9 Å². The SMILES string of the molecule is OCC1CCOC1c1c(Cl)cccc1Cl. The second-order valence-corrected chi connectivity index (χ2v) is 4.47. The molecular weight excluding hydrogens is 235 g/mol. The average Bonchev–Trinajstić information content (AvgIpc) is 2.65. The first-order valence-electron chi connectivity index (χ1n) is 4.90. The topological polar surface area (TPSA) is 29.5 Å². The van der Waals surface area contributed by atoms with E-state index in [1.165, 1.54) is 0 Å². The summed E-state index contributed by atoms with van der Waals surface area (Å²) in [5, 5.41) is 10.4. The molecule has 0 aromatic heterocycles. The van der Waals surface area contributed by atoms with Crippen molar-refractivity contribution in [1.29, 1.82) is 0 Å². The van der Waals surface area contributed by atoms with Gasteiger partial charge in [-0.05, 0) is 18.6 Å². The lowest BCUT2D eigenvalue weighted by molar-refractivity contribution is 0.0722. The summed E-state index contributed by atoms with van der Waals surface area (Å²) >= 11 is 12.2. The lowest BCUT2D eigenvalue weighted by Gasteiger charge is -2.19. The van der Waals surface area contributed by atoms with Crippen LogP contribution in [0.15, 0.2) is 18.2 Å². The molecule has 1 aliphatic heterocycles. The van der Waals surface area contributed by atoms with E-state index in [-0.39, 0.29) is 18.6 Å². The Bertz CT molecular complexity index is 334. The Kier molecular flexibility index (Phi) is 3.52. The van der Waals surface area contributed by atoms with Crippen LogP contribution in [0.4, 0.5) is 0 Å². The van der Waals surface area contributed by atoms with Crippen molar-refractivity contribution in [3.63, 3.8) is 0 Å². The second kappa shape index (κ2) is 4.71. The van der Waals surface area contributed by atoms with Gasteiger partial charge in [-0.1, -0.05) is 29.3 Å². The summed E-state index contributed by atoms with van der Waals surface area (Å²) in [6.45, 7) is 0.754. The maximum absolute atomic E-state index is 9.21. The minimum atomic E-state index is -0.170. The van der Waals surface area contributed by atoms with Gasteiger partial charge in [-0.2, -0.15) is 0 Å². The number of aliphatic hydroxyl groups excluding tert-OH is 1. The maximum Gasteiger partial charge on any atom is 0.0904 e. The molecule has 2 atom stereocenters. The van der Waals surface area contributed by atoms with Crippen LogP contribution in [0.3, 0.4) is 0 Å². The lowest BCUT2D eigenvalue weighted by atomic mass is 9.96. The van der Waals surface area contributed by atoms with E-state index in [1.807, 2.05) is 0 Å². The monoisotopic (exact) mass is 246 g/mol. The first-order chi connectivity index (χ1) is 7.24. The van der Waals surface area contributed by atoms with Gasteiger partial charge in [0.1, 0.15) is 0 Å². The molecule has 2 nitrogen and oxygen atoms in total. The van der Waals surface area contributed by atoms with Crippen molar-refractivity contribution in [3.05, 3.63) is 33.8 Å². The van der Waals surface area contributed by atoms with Crippen LogP contribution in [0.5, 0.6) is 0 Å². The molecule has 2 unspecified atom stereocenters. The summed E-state index contributed by atoms with van der Waals surface area (Å²) in [5.74, 6) is 0.0994. The molecule has 0 aliphatic carbocycles. The van der Waals surface area contributed by atoms with E-state index in [2.05, 4.69) is 0 Å². The minimum absolute atomic E-state index is 0.0994. The van der Waals surface area contributed by atoms with Gasteiger partial charge in [0.2, 0.25) is 0 Å². The van der Waals surface area contributed by atoms with Gasteiger partial charge in [-0.15, -0.1) is 0 Å². The fourth-order valence-corrected chi connectivity index (χ4v) is 2.53. The fourth-order valence-electron chi connectivity index (χ4n) is 1.92. The number of aliphatic hydroxyl groups is 1. The largest absolute Gasteiger partial charge is 0.396 e. The molecule has 0 bridgehead atoms. The smallest absolute Gasteiger partial charge is 0.0904 e. The summed E-state index contributed by atoms with van der Waals surface area (Å²) < 4.78 is 5.58. The van der Waals surface area contributed by atoms with Gasteiger partial charge in [-0.3, -0.25) is 0 Å². The predicted molar refractivity (Wildman–Crippen MR) is 60.3 cm³/mol. The molecule has 0 amide bonds. The van der Waals surface area contributed by atoms with Crippen LogP contribution in [0.25, 0.3) is 0 Å². The number of benzene rings is 1. The molecule has 2 rings (SSSR count). The summed E-state index contributed by atoms with van der Waals surface area (Å²) in [7, 11) is 0. The first kappa shape index (κ1) is 11.2. The zero-order valence-corrected chi connectivity index (χ0v) is 9.63. The van der Waals surface area contributed by atoms with Gasteiger partial charge in [-0.25, -0.2) is 0 Å². The minimum Gasteiger partial charge on any atom is -0.396 e. The van der Waals surface area contributed by atoms with Crippen molar-refractivity contribution in [2.24, 2.45) is 5.92 Å². The maximum atomic E-state index is 9.21. The Hall–Kier alpha value is -0.280.